The van der Waals surface area contributed by atoms with E-state index in [1.54, 1.807) is 13.8 Å². The molecule has 1 aliphatic rings. The van der Waals surface area contributed by atoms with Gasteiger partial charge in [0.2, 0.25) is 0 Å². The van der Waals surface area contributed by atoms with Crippen molar-refractivity contribution in [2.45, 2.75) is 110 Å². The number of aromatic nitrogens is 2. The summed E-state index contributed by atoms with van der Waals surface area (Å²) >= 11 is 0. The minimum Gasteiger partial charge on any atom is -0.507 e. The van der Waals surface area contributed by atoms with Crippen molar-refractivity contribution in [1.82, 2.24) is 10.2 Å². The van der Waals surface area contributed by atoms with E-state index < -0.39 is 17.5 Å². The van der Waals surface area contributed by atoms with Gasteiger partial charge >= 0.3 is 12.1 Å². The fourth-order valence-electron chi connectivity index (χ4n) is 5.95. The number of benzene rings is 1. The van der Waals surface area contributed by atoms with Crippen LogP contribution in [0, 0.1) is 5.92 Å². The van der Waals surface area contributed by atoms with Gasteiger partial charge in [0.05, 0.1) is 12.2 Å². The van der Waals surface area contributed by atoms with Crippen LogP contribution in [0.25, 0.3) is 11.3 Å². The highest BCUT2D eigenvalue weighted by atomic mass is 19.4. The lowest BCUT2D eigenvalue weighted by Crippen LogP contribution is -2.24. The molecule has 0 aliphatic heterocycles. The second kappa shape index (κ2) is 16.1. The molecule has 1 heterocycles. The van der Waals surface area contributed by atoms with E-state index in [4.69, 9.17) is 10.5 Å². The predicted molar refractivity (Wildman–Crippen MR) is 156 cm³/mol. The molecule has 8 nitrogen and oxygen atoms in total. The number of ether oxygens (including phenoxy) is 1. The van der Waals surface area contributed by atoms with Crippen molar-refractivity contribution in [1.29, 1.82) is 0 Å². The number of carbonyl (C=O) groups excluding carboxylic acids is 1. The van der Waals surface area contributed by atoms with E-state index in [-0.39, 0.29) is 42.8 Å². The van der Waals surface area contributed by atoms with Crippen LogP contribution in [-0.2, 0) is 35.1 Å². The largest absolute Gasteiger partial charge is 0.507 e. The van der Waals surface area contributed by atoms with Crippen molar-refractivity contribution in [3.8, 4) is 17.0 Å². The Labute approximate surface area is 246 Å². The van der Waals surface area contributed by atoms with Crippen molar-refractivity contribution in [2.75, 3.05) is 18.5 Å². The summed E-state index contributed by atoms with van der Waals surface area (Å²) in [4.78, 5) is 11.7. The maximum absolute atomic E-state index is 13.5. The van der Waals surface area contributed by atoms with E-state index in [0.717, 1.165) is 63.5 Å². The van der Waals surface area contributed by atoms with Gasteiger partial charge in [-0.15, -0.1) is 10.2 Å². The van der Waals surface area contributed by atoms with E-state index >= 15 is 0 Å². The van der Waals surface area contributed by atoms with E-state index in [1.165, 1.54) is 0 Å². The summed E-state index contributed by atoms with van der Waals surface area (Å²) in [6, 6.07) is 1.90. The van der Waals surface area contributed by atoms with Gasteiger partial charge in [-0.3, -0.25) is 4.79 Å². The summed E-state index contributed by atoms with van der Waals surface area (Å²) in [5.41, 5.74) is 7.46. The number of phenols is 1. The lowest BCUT2D eigenvalue weighted by Gasteiger charge is -2.24. The number of halogens is 3. The van der Waals surface area contributed by atoms with E-state index in [9.17, 15) is 28.2 Å². The fraction of sp³-hybridized carbons (Fsp3) is 0.645. The number of anilines is 1. The van der Waals surface area contributed by atoms with Crippen LogP contribution < -0.4 is 11.1 Å². The number of hydrogen-bond acceptors (Lipinski definition) is 8. The lowest BCUT2D eigenvalue weighted by atomic mass is 9.91. The highest BCUT2D eigenvalue weighted by Crippen LogP contribution is 2.41. The second-order valence-electron chi connectivity index (χ2n) is 11.0. The summed E-state index contributed by atoms with van der Waals surface area (Å²) in [5.74, 6) is 0.374. The molecule has 2 atom stereocenters. The van der Waals surface area contributed by atoms with Crippen molar-refractivity contribution in [3.63, 3.8) is 0 Å². The third-order valence-electron chi connectivity index (χ3n) is 8.04. The summed E-state index contributed by atoms with van der Waals surface area (Å²) in [6.07, 6.45) is 4.87. The zero-order chi connectivity index (χ0) is 30.7. The second-order valence-corrected chi connectivity index (χ2v) is 11.0. The SMILES string of the molecule is CCOC(=O)CCCCC1CCCC[C@@H](Nc2nnc(-c3c(O)cc(C(F)(F)F)cc3CC)c(CCCO)c2CN)C1. The van der Waals surface area contributed by atoms with Crippen LogP contribution >= 0.6 is 0 Å². The Morgan fingerprint density at radius 2 is 1.88 bits per heavy atom. The van der Waals surface area contributed by atoms with Crippen molar-refractivity contribution in [2.24, 2.45) is 11.7 Å². The maximum atomic E-state index is 13.5. The Morgan fingerprint density at radius 1 is 1.12 bits per heavy atom. The zero-order valence-electron chi connectivity index (χ0n) is 24.7. The Morgan fingerprint density at radius 3 is 2.55 bits per heavy atom. The van der Waals surface area contributed by atoms with Gasteiger partial charge in [-0.2, -0.15) is 13.2 Å². The number of esters is 1. The summed E-state index contributed by atoms with van der Waals surface area (Å²) in [5, 5.41) is 32.8. The maximum Gasteiger partial charge on any atom is 0.416 e. The molecule has 0 radical (unpaired) electrons. The first-order valence-corrected chi connectivity index (χ1v) is 15.2. The lowest BCUT2D eigenvalue weighted by molar-refractivity contribution is -0.143. The molecule has 11 heteroatoms. The molecule has 1 aromatic carbocycles. The van der Waals surface area contributed by atoms with E-state index in [0.29, 0.717) is 54.3 Å². The molecule has 0 amide bonds. The first kappa shape index (κ1) is 33.6. The highest BCUT2D eigenvalue weighted by Gasteiger charge is 2.33. The van der Waals surface area contributed by atoms with Crippen molar-refractivity contribution in [3.05, 3.63) is 34.4 Å². The molecular formula is C31H45F3N4O4. The molecule has 1 aliphatic carbocycles. The van der Waals surface area contributed by atoms with Gasteiger partial charge < -0.3 is 26.0 Å². The van der Waals surface area contributed by atoms with Crippen molar-refractivity contribution < 1.29 is 32.9 Å². The topological polar surface area (TPSA) is 131 Å². The molecule has 1 aromatic heterocycles. The van der Waals surface area contributed by atoms with Gasteiger partial charge in [0.1, 0.15) is 11.4 Å². The van der Waals surface area contributed by atoms with Gasteiger partial charge in [0, 0.05) is 36.7 Å². The molecule has 0 bridgehead atoms. The Balaban J connectivity index is 1.87. The van der Waals surface area contributed by atoms with E-state index in [1.807, 2.05) is 0 Å². The average molecular weight is 595 g/mol. The van der Waals surface area contributed by atoms with Crippen molar-refractivity contribution >= 4 is 11.8 Å². The molecule has 1 unspecified atom stereocenters. The number of phenolic OH excluding ortho intramolecular Hbond substituents is 1. The van der Waals surface area contributed by atoms with Gasteiger partial charge in [-0.1, -0.05) is 39.0 Å². The third kappa shape index (κ3) is 9.04. The summed E-state index contributed by atoms with van der Waals surface area (Å²) < 4.78 is 45.4. The number of rotatable bonds is 14. The number of hydrogen-bond donors (Lipinski definition) is 4. The molecule has 0 saturated heterocycles. The minimum absolute atomic E-state index is 0.0887. The standard InChI is InChI=1S/C31H45F3N4O4/c1-3-21-17-22(31(32,33)34)18-26(40)28(21)29-24(13-9-15-39)25(19-35)30(38-37-29)36-23-12-7-5-10-20(16-23)11-6-8-14-27(41)42-4-2/h17-18,20,23,39-40H,3-16,19,35H2,1-2H3,(H,36,38)/t20?,23-/m1/s1. The summed E-state index contributed by atoms with van der Waals surface area (Å²) in [6.45, 7) is 3.95. The molecule has 1 fully saturated rings. The molecule has 42 heavy (non-hydrogen) atoms. The number of nitrogens with one attached hydrogen (secondary N) is 1. The number of nitrogens with zero attached hydrogens (tertiary/aromatic N) is 2. The Bertz CT molecular complexity index is 1180. The molecule has 2 aromatic rings. The number of nitrogens with two attached hydrogens (primary N) is 1. The van der Waals surface area contributed by atoms with Crippen LogP contribution in [0.5, 0.6) is 5.75 Å². The first-order chi connectivity index (χ1) is 20.1. The summed E-state index contributed by atoms with van der Waals surface area (Å²) in [7, 11) is 0. The Kier molecular flexibility index (Phi) is 12.8. The van der Waals surface area contributed by atoms with E-state index in [2.05, 4.69) is 15.5 Å². The molecule has 234 valence electrons. The number of aliphatic hydroxyl groups excluding tert-OH is 1. The third-order valence-corrected chi connectivity index (χ3v) is 8.04. The number of alkyl halides is 3. The smallest absolute Gasteiger partial charge is 0.416 e. The number of carbonyl (C=O) groups is 1. The van der Waals surface area contributed by atoms with Crippen LogP contribution in [0.2, 0.25) is 0 Å². The quantitative estimate of drug-likeness (QED) is 0.114. The van der Waals surface area contributed by atoms with Gasteiger partial charge in [-0.25, -0.2) is 0 Å². The van der Waals surface area contributed by atoms with Gasteiger partial charge in [0.25, 0.3) is 0 Å². The number of unbranched alkanes of at least 4 members (excludes halogenated alkanes) is 1. The number of aliphatic hydroxyl groups is 1. The normalized spacial score (nSPS) is 17.6. The number of aromatic hydroxyl groups is 1. The highest BCUT2D eigenvalue weighted by molar-refractivity contribution is 5.76. The average Bonchev–Trinajstić information content (AvgIpc) is 3.18. The molecule has 1 saturated carbocycles. The monoisotopic (exact) mass is 594 g/mol. The van der Waals surface area contributed by atoms with Crippen LogP contribution in [0.4, 0.5) is 19.0 Å². The fourth-order valence-corrected chi connectivity index (χ4v) is 5.95. The van der Waals surface area contributed by atoms with Crippen LogP contribution in [0.1, 0.15) is 100 Å². The molecule has 5 N–H and O–H groups in total. The molecule has 3 rings (SSSR count). The van der Waals surface area contributed by atoms with Gasteiger partial charge in [0.15, 0.2) is 5.82 Å². The van der Waals surface area contributed by atoms with Crippen LogP contribution in [-0.4, -0.2) is 45.6 Å². The zero-order valence-corrected chi connectivity index (χ0v) is 24.7. The Hall–Kier alpha value is -2.92. The van der Waals surface area contributed by atoms with Crippen LogP contribution in [0.15, 0.2) is 12.1 Å². The number of aryl methyl sites for hydroxylation is 1. The van der Waals surface area contributed by atoms with Crippen LogP contribution in [0.3, 0.4) is 0 Å². The molecule has 0 spiro atoms. The predicted octanol–water partition coefficient (Wildman–Crippen LogP) is 6.30. The first-order valence-electron chi connectivity index (χ1n) is 15.2. The van der Waals surface area contributed by atoms with Gasteiger partial charge in [-0.05, 0) is 74.6 Å². The molecular weight excluding hydrogens is 549 g/mol. The minimum atomic E-state index is -4.60.